The summed E-state index contributed by atoms with van der Waals surface area (Å²) in [6.45, 7) is 5.98. The molecule has 0 amide bonds. The maximum atomic E-state index is 5.81. The van der Waals surface area contributed by atoms with Crippen molar-refractivity contribution < 1.29 is 4.74 Å². The van der Waals surface area contributed by atoms with Crippen LogP contribution in [0.5, 0.6) is 0 Å². The number of nitrogens with one attached hydrogen (secondary N) is 1. The zero-order chi connectivity index (χ0) is 13.0. The van der Waals surface area contributed by atoms with E-state index in [4.69, 9.17) is 4.74 Å². The number of likely N-dealkylation sites (N-methyl/N-ethyl adjacent to an activating group) is 1. The summed E-state index contributed by atoms with van der Waals surface area (Å²) < 4.78 is 6.95. The third kappa shape index (κ3) is 3.15. The van der Waals surface area contributed by atoms with Crippen LogP contribution < -0.4 is 5.32 Å². The van der Waals surface area contributed by atoms with Crippen molar-refractivity contribution in [2.24, 2.45) is 0 Å². The van der Waals surface area contributed by atoms with Gasteiger partial charge in [0.15, 0.2) is 0 Å². The second kappa shape index (κ2) is 6.39. The fraction of sp³-hybridized carbons (Fsp3) is 0.467. The molecule has 1 heterocycles. The van der Waals surface area contributed by atoms with Crippen LogP contribution >= 0.6 is 15.9 Å². The molecule has 0 bridgehead atoms. The van der Waals surface area contributed by atoms with E-state index in [0.29, 0.717) is 0 Å². The van der Waals surface area contributed by atoms with Crippen LogP contribution in [0.3, 0.4) is 0 Å². The van der Waals surface area contributed by atoms with Crippen molar-refractivity contribution >= 4 is 15.9 Å². The van der Waals surface area contributed by atoms with E-state index in [2.05, 4.69) is 59.4 Å². The molecule has 2 rings (SSSR count). The molecule has 1 N–H and O–H groups in total. The van der Waals surface area contributed by atoms with E-state index in [1.54, 1.807) is 0 Å². The predicted molar refractivity (Wildman–Crippen MR) is 78.6 cm³/mol. The van der Waals surface area contributed by atoms with Crippen molar-refractivity contribution in [1.29, 1.82) is 0 Å². The topological polar surface area (TPSA) is 21.3 Å². The van der Waals surface area contributed by atoms with Crippen LogP contribution in [0.25, 0.3) is 0 Å². The van der Waals surface area contributed by atoms with Gasteiger partial charge >= 0.3 is 0 Å². The van der Waals surface area contributed by atoms with Crippen LogP contribution in [0.2, 0.25) is 0 Å². The fourth-order valence-corrected chi connectivity index (χ4v) is 2.93. The molecule has 18 heavy (non-hydrogen) atoms. The lowest BCUT2D eigenvalue weighted by Crippen LogP contribution is -2.25. The van der Waals surface area contributed by atoms with Gasteiger partial charge in [0.2, 0.25) is 0 Å². The summed E-state index contributed by atoms with van der Waals surface area (Å²) in [5, 5.41) is 3.51. The van der Waals surface area contributed by atoms with Gasteiger partial charge < -0.3 is 10.1 Å². The maximum Gasteiger partial charge on any atom is 0.113 e. The van der Waals surface area contributed by atoms with Gasteiger partial charge in [-0.3, -0.25) is 0 Å². The van der Waals surface area contributed by atoms with Gasteiger partial charge in [-0.2, -0.15) is 0 Å². The van der Waals surface area contributed by atoms with Crippen LogP contribution in [0, 0.1) is 6.92 Å². The van der Waals surface area contributed by atoms with Crippen molar-refractivity contribution in [3.63, 3.8) is 0 Å². The van der Waals surface area contributed by atoms with Gasteiger partial charge in [0.1, 0.15) is 5.76 Å². The SMILES string of the molecule is CCNC(C1=CCCCO1)c1ccc(C)cc1Br. The molecular formula is C15H20BrNO. The van der Waals surface area contributed by atoms with Crippen molar-refractivity contribution in [3.8, 4) is 0 Å². The summed E-state index contributed by atoms with van der Waals surface area (Å²) in [5.41, 5.74) is 2.51. The summed E-state index contributed by atoms with van der Waals surface area (Å²) >= 11 is 3.66. The second-order valence-electron chi connectivity index (χ2n) is 4.61. The lowest BCUT2D eigenvalue weighted by Gasteiger charge is -2.25. The molecule has 0 fully saturated rings. The number of benzene rings is 1. The van der Waals surface area contributed by atoms with E-state index in [1.807, 2.05) is 0 Å². The van der Waals surface area contributed by atoms with Crippen molar-refractivity contribution in [2.45, 2.75) is 32.7 Å². The zero-order valence-electron chi connectivity index (χ0n) is 11.0. The zero-order valence-corrected chi connectivity index (χ0v) is 12.6. The molecule has 1 aromatic carbocycles. The van der Waals surface area contributed by atoms with E-state index in [9.17, 15) is 0 Å². The van der Waals surface area contributed by atoms with Gasteiger partial charge in [0, 0.05) is 4.47 Å². The van der Waals surface area contributed by atoms with Gasteiger partial charge in [-0.15, -0.1) is 0 Å². The second-order valence-corrected chi connectivity index (χ2v) is 5.47. The molecule has 0 aromatic heterocycles. The predicted octanol–water partition coefficient (Wildman–Crippen LogP) is 4.10. The Balaban J connectivity index is 2.31. The van der Waals surface area contributed by atoms with Gasteiger partial charge in [0.25, 0.3) is 0 Å². The van der Waals surface area contributed by atoms with E-state index >= 15 is 0 Å². The Kier molecular flexibility index (Phi) is 4.84. The minimum atomic E-state index is 0.158. The number of rotatable bonds is 4. The number of aryl methyl sites for hydroxylation is 1. The molecule has 1 unspecified atom stereocenters. The lowest BCUT2D eigenvalue weighted by atomic mass is 10.0. The number of hydrogen-bond donors (Lipinski definition) is 1. The van der Waals surface area contributed by atoms with Crippen LogP contribution in [0.4, 0.5) is 0 Å². The Morgan fingerprint density at radius 2 is 2.28 bits per heavy atom. The van der Waals surface area contributed by atoms with E-state index < -0.39 is 0 Å². The number of ether oxygens (including phenoxy) is 1. The highest BCUT2D eigenvalue weighted by molar-refractivity contribution is 9.10. The van der Waals surface area contributed by atoms with Gasteiger partial charge in [-0.25, -0.2) is 0 Å². The first-order valence-electron chi connectivity index (χ1n) is 6.54. The van der Waals surface area contributed by atoms with Gasteiger partial charge in [0.05, 0.1) is 12.6 Å². The molecule has 0 saturated carbocycles. The summed E-state index contributed by atoms with van der Waals surface area (Å²) in [7, 11) is 0. The molecule has 2 nitrogen and oxygen atoms in total. The third-order valence-electron chi connectivity index (χ3n) is 3.12. The smallest absolute Gasteiger partial charge is 0.113 e. The van der Waals surface area contributed by atoms with Gasteiger partial charge in [-0.05, 0) is 49.6 Å². The van der Waals surface area contributed by atoms with Crippen LogP contribution in [0.15, 0.2) is 34.5 Å². The first-order chi connectivity index (χ1) is 8.72. The summed E-state index contributed by atoms with van der Waals surface area (Å²) in [6.07, 6.45) is 4.45. The molecule has 3 heteroatoms. The summed E-state index contributed by atoms with van der Waals surface area (Å²) in [4.78, 5) is 0. The Morgan fingerprint density at radius 3 is 2.89 bits per heavy atom. The van der Waals surface area contributed by atoms with Crippen LogP contribution in [-0.2, 0) is 4.74 Å². The quantitative estimate of drug-likeness (QED) is 0.904. The van der Waals surface area contributed by atoms with E-state index in [0.717, 1.165) is 36.2 Å². The minimum Gasteiger partial charge on any atom is -0.496 e. The molecule has 98 valence electrons. The van der Waals surface area contributed by atoms with Crippen molar-refractivity contribution in [1.82, 2.24) is 5.32 Å². The highest BCUT2D eigenvalue weighted by atomic mass is 79.9. The highest BCUT2D eigenvalue weighted by Gasteiger charge is 2.21. The van der Waals surface area contributed by atoms with E-state index in [-0.39, 0.29) is 6.04 Å². The average molecular weight is 310 g/mol. The summed E-state index contributed by atoms with van der Waals surface area (Å²) in [6, 6.07) is 6.63. The molecule has 0 saturated heterocycles. The van der Waals surface area contributed by atoms with Crippen LogP contribution in [0.1, 0.15) is 36.9 Å². The largest absolute Gasteiger partial charge is 0.496 e. The molecule has 1 aliphatic rings. The summed E-state index contributed by atoms with van der Waals surface area (Å²) in [5.74, 6) is 1.06. The monoisotopic (exact) mass is 309 g/mol. The van der Waals surface area contributed by atoms with Crippen molar-refractivity contribution in [3.05, 3.63) is 45.6 Å². The molecule has 0 radical (unpaired) electrons. The third-order valence-corrected chi connectivity index (χ3v) is 3.81. The first-order valence-corrected chi connectivity index (χ1v) is 7.34. The van der Waals surface area contributed by atoms with Crippen molar-refractivity contribution in [2.75, 3.05) is 13.2 Å². The highest BCUT2D eigenvalue weighted by Crippen LogP contribution is 2.31. The Morgan fingerprint density at radius 1 is 1.44 bits per heavy atom. The molecule has 1 aliphatic heterocycles. The maximum absolute atomic E-state index is 5.81. The molecule has 1 atom stereocenters. The number of allylic oxidation sites excluding steroid dienone is 1. The van der Waals surface area contributed by atoms with Gasteiger partial charge in [-0.1, -0.05) is 35.0 Å². The minimum absolute atomic E-state index is 0.158. The van der Waals surface area contributed by atoms with Crippen LogP contribution in [-0.4, -0.2) is 13.2 Å². The molecule has 0 aliphatic carbocycles. The molecule has 1 aromatic rings. The Labute approximate surface area is 118 Å². The fourth-order valence-electron chi connectivity index (χ4n) is 2.21. The molecular weight excluding hydrogens is 290 g/mol. The Bertz CT molecular complexity index is 442. The lowest BCUT2D eigenvalue weighted by molar-refractivity contribution is 0.168. The Hall–Kier alpha value is -0.800. The number of halogens is 1. The number of hydrogen-bond acceptors (Lipinski definition) is 2. The average Bonchev–Trinajstić information content (AvgIpc) is 2.38. The first kappa shape index (κ1) is 13.6. The standard InChI is InChI=1S/C15H20BrNO/c1-3-17-15(14-6-4-5-9-18-14)12-8-7-11(2)10-13(12)16/h6-8,10,15,17H,3-5,9H2,1-2H3. The van der Waals surface area contributed by atoms with E-state index in [1.165, 1.54) is 11.1 Å². The normalized spacial score (nSPS) is 16.9. The molecule has 0 spiro atoms.